The highest BCUT2D eigenvalue weighted by Gasteiger charge is 2.40. The summed E-state index contributed by atoms with van der Waals surface area (Å²) in [5.41, 5.74) is 0.255. The summed E-state index contributed by atoms with van der Waals surface area (Å²) in [6.45, 7) is 3.56. The van der Waals surface area contributed by atoms with Crippen LogP contribution in [0.5, 0.6) is 0 Å². The van der Waals surface area contributed by atoms with Crippen molar-refractivity contribution in [3.05, 3.63) is 22.7 Å². The number of thiophene rings is 1. The van der Waals surface area contributed by atoms with Gasteiger partial charge in [-0.1, -0.05) is 5.16 Å². The van der Waals surface area contributed by atoms with Crippen LogP contribution in [-0.2, 0) is 11.3 Å². The molecule has 6 nitrogen and oxygen atoms in total. The Morgan fingerprint density at radius 3 is 3.15 bits per heavy atom. The largest absolute Gasteiger partial charge is 0.481 e. The molecular weight excluding hydrogens is 278 g/mol. The molecule has 2 aromatic rings. The number of carboxylic acid groups (broad SMARTS) is 1. The maximum atomic E-state index is 11.2. The summed E-state index contributed by atoms with van der Waals surface area (Å²) in [7, 11) is 0. The van der Waals surface area contributed by atoms with Crippen molar-refractivity contribution < 1.29 is 14.4 Å². The first-order valence-electron chi connectivity index (χ1n) is 6.38. The number of likely N-dealkylation sites (tertiary alicyclic amines) is 1. The second kappa shape index (κ2) is 4.99. The maximum absolute atomic E-state index is 11.2. The Morgan fingerprint density at radius 2 is 2.50 bits per heavy atom. The average molecular weight is 293 g/mol. The van der Waals surface area contributed by atoms with Crippen LogP contribution in [0, 0.1) is 5.41 Å². The lowest BCUT2D eigenvalue weighted by Gasteiger charge is -2.18. The highest BCUT2D eigenvalue weighted by atomic mass is 32.1. The molecule has 3 heterocycles. The molecule has 0 aromatic carbocycles. The Kier molecular flexibility index (Phi) is 3.31. The molecule has 3 rings (SSSR count). The Balaban J connectivity index is 1.66. The standard InChI is InChI=1S/C13H15N3O3S/c1-13(12(17)18)3-4-16(8-13)6-10-14-11(19-15-10)9-2-5-20-7-9/h2,5,7H,3-4,6,8H2,1H3,(H,17,18). The van der Waals surface area contributed by atoms with Crippen molar-refractivity contribution >= 4 is 17.3 Å². The van der Waals surface area contributed by atoms with Crippen molar-refractivity contribution in [2.24, 2.45) is 5.41 Å². The van der Waals surface area contributed by atoms with Gasteiger partial charge in [0.05, 0.1) is 17.5 Å². The van der Waals surface area contributed by atoms with Gasteiger partial charge in [0.25, 0.3) is 5.89 Å². The fourth-order valence-corrected chi connectivity index (χ4v) is 3.02. The van der Waals surface area contributed by atoms with Gasteiger partial charge in [0.2, 0.25) is 0 Å². The first kappa shape index (κ1) is 13.3. The van der Waals surface area contributed by atoms with Crippen LogP contribution in [0.2, 0.25) is 0 Å². The van der Waals surface area contributed by atoms with Gasteiger partial charge >= 0.3 is 5.97 Å². The Bertz CT molecular complexity index is 610. The van der Waals surface area contributed by atoms with Gasteiger partial charge < -0.3 is 9.63 Å². The average Bonchev–Trinajstić information content (AvgIpc) is 3.10. The molecular formula is C13H15N3O3S. The Morgan fingerprint density at radius 1 is 1.65 bits per heavy atom. The second-order valence-electron chi connectivity index (χ2n) is 5.35. The molecule has 1 unspecified atom stereocenters. The van der Waals surface area contributed by atoms with E-state index in [2.05, 4.69) is 15.0 Å². The van der Waals surface area contributed by atoms with Crippen molar-refractivity contribution in [3.63, 3.8) is 0 Å². The molecule has 1 aliphatic rings. The summed E-state index contributed by atoms with van der Waals surface area (Å²) in [5, 5.41) is 17.1. The zero-order valence-electron chi connectivity index (χ0n) is 11.1. The van der Waals surface area contributed by atoms with Crippen LogP contribution in [0.3, 0.4) is 0 Å². The highest BCUT2D eigenvalue weighted by Crippen LogP contribution is 2.31. The number of aliphatic carboxylic acids is 1. The number of rotatable bonds is 4. The molecule has 0 aliphatic carbocycles. The van der Waals surface area contributed by atoms with E-state index in [1.165, 1.54) is 0 Å². The molecule has 7 heteroatoms. The topological polar surface area (TPSA) is 79.5 Å². The minimum atomic E-state index is -0.743. The molecule has 1 saturated heterocycles. The SMILES string of the molecule is CC1(C(=O)O)CCN(Cc2noc(-c3ccsc3)n2)C1. The monoisotopic (exact) mass is 293 g/mol. The van der Waals surface area contributed by atoms with E-state index >= 15 is 0 Å². The van der Waals surface area contributed by atoms with E-state index in [1.54, 1.807) is 18.3 Å². The maximum Gasteiger partial charge on any atom is 0.310 e. The van der Waals surface area contributed by atoms with Crippen LogP contribution in [0.25, 0.3) is 11.5 Å². The summed E-state index contributed by atoms with van der Waals surface area (Å²) in [5.74, 6) is 0.370. The van der Waals surface area contributed by atoms with E-state index in [0.717, 1.165) is 12.1 Å². The molecule has 1 N–H and O–H groups in total. The summed E-state index contributed by atoms with van der Waals surface area (Å²) in [6.07, 6.45) is 0.650. The summed E-state index contributed by atoms with van der Waals surface area (Å²) < 4.78 is 5.22. The minimum Gasteiger partial charge on any atom is -0.481 e. The second-order valence-corrected chi connectivity index (χ2v) is 6.13. The van der Waals surface area contributed by atoms with Gasteiger partial charge in [-0.25, -0.2) is 0 Å². The zero-order chi connectivity index (χ0) is 14.2. The number of nitrogens with zero attached hydrogens (tertiary/aromatic N) is 3. The van der Waals surface area contributed by atoms with Crippen molar-refractivity contribution in [1.82, 2.24) is 15.0 Å². The Labute approximate surface area is 120 Å². The molecule has 1 atom stereocenters. The van der Waals surface area contributed by atoms with Gasteiger partial charge in [0.1, 0.15) is 0 Å². The third kappa shape index (κ3) is 2.46. The summed E-state index contributed by atoms with van der Waals surface area (Å²) in [4.78, 5) is 17.6. The molecule has 0 saturated carbocycles. The molecule has 0 bridgehead atoms. The van der Waals surface area contributed by atoms with E-state index in [4.69, 9.17) is 4.52 Å². The van der Waals surface area contributed by atoms with E-state index in [9.17, 15) is 9.90 Å². The predicted molar refractivity (Wildman–Crippen MR) is 73.2 cm³/mol. The molecule has 0 amide bonds. The number of carboxylic acids is 1. The lowest BCUT2D eigenvalue weighted by atomic mass is 9.90. The van der Waals surface area contributed by atoms with E-state index in [-0.39, 0.29) is 0 Å². The molecule has 0 spiro atoms. The lowest BCUT2D eigenvalue weighted by Crippen LogP contribution is -2.31. The van der Waals surface area contributed by atoms with Crippen LogP contribution in [0.1, 0.15) is 19.2 Å². The molecule has 106 valence electrons. The third-order valence-corrected chi connectivity index (χ3v) is 4.35. The van der Waals surface area contributed by atoms with E-state index < -0.39 is 11.4 Å². The van der Waals surface area contributed by atoms with Gasteiger partial charge in [0.15, 0.2) is 5.82 Å². The normalized spacial score (nSPS) is 23.2. The van der Waals surface area contributed by atoms with Crippen molar-refractivity contribution in [2.75, 3.05) is 13.1 Å². The summed E-state index contributed by atoms with van der Waals surface area (Å²) in [6, 6.07) is 1.93. The van der Waals surface area contributed by atoms with Crippen molar-refractivity contribution in [2.45, 2.75) is 19.9 Å². The van der Waals surface area contributed by atoms with Gasteiger partial charge in [-0.15, -0.1) is 0 Å². The first-order chi connectivity index (χ1) is 9.57. The van der Waals surface area contributed by atoms with Crippen LogP contribution in [-0.4, -0.2) is 39.2 Å². The molecule has 2 aromatic heterocycles. The van der Waals surface area contributed by atoms with E-state index in [1.807, 2.05) is 16.8 Å². The van der Waals surface area contributed by atoms with Crippen molar-refractivity contribution in [3.8, 4) is 11.5 Å². The molecule has 0 radical (unpaired) electrons. The van der Waals surface area contributed by atoms with Crippen molar-refractivity contribution in [1.29, 1.82) is 0 Å². The van der Waals surface area contributed by atoms with Crippen LogP contribution in [0.4, 0.5) is 0 Å². The smallest absolute Gasteiger partial charge is 0.310 e. The van der Waals surface area contributed by atoms with Crippen LogP contribution >= 0.6 is 11.3 Å². The molecule has 20 heavy (non-hydrogen) atoms. The fourth-order valence-electron chi connectivity index (χ4n) is 2.39. The quantitative estimate of drug-likeness (QED) is 0.930. The van der Waals surface area contributed by atoms with Crippen LogP contribution in [0.15, 0.2) is 21.3 Å². The predicted octanol–water partition coefficient (Wildman–Crippen LogP) is 2.09. The van der Waals surface area contributed by atoms with Gasteiger partial charge in [-0.05, 0) is 31.3 Å². The summed E-state index contributed by atoms with van der Waals surface area (Å²) >= 11 is 1.58. The third-order valence-electron chi connectivity index (χ3n) is 3.67. The fraction of sp³-hybridized carbons (Fsp3) is 0.462. The number of hydrogen-bond donors (Lipinski definition) is 1. The highest BCUT2D eigenvalue weighted by molar-refractivity contribution is 7.08. The number of hydrogen-bond acceptors (Lipinski definition) is 6. The zero-order valence-corrected chi connectivity index (χ0v) is 11.9. The lowest BCUT2D eigenvalue weighted by molar-refractivity contribution is -0.147. The minimum absolute atomic E-state index is 0.515. The van der Waals surface area contributed by atoms with Crippen LogP contribution < -0.4 is 0 Å². The first-order valence-corrected chi connectivity index (χ1v) is 7.32. The van der Waals surface area contributed by atoms with Gasteiger partial charge in [0, 0.05) is 11.9 Å². The molecule has 1 aliphatic heterocycles. The van der Waals surface area contributed by atoms with E-state index in [0.29, 0.717) is 31.2 Å². The van der Waals surface area contributed by atoms with Gasteiger partial charge in [-0.3, -0.25) is 9.69 Å². The molecule has 1 fully saturated rings. The number of aromatic nitrogens is 2. The van der Waals surface area contributed by atoms with Gasteiger partial charge in [-0.2, -0.15) is 16.3 Å². The number of carbonyl (C=O) groups is 1. The Hall–Kier alpha value is -1.73.